The van der Waals surface area contributed by atoms with Crippen LogP contribution < -0.4 is 0 Å². The van der Waals surface area contributed by atoms with Crippen molar-refractivity contribution in [1.82, 2.24) is 0 Å². The maximum absolute atomic E-state index is 10.0. The summed E-state index contributed by atoms with van der Waals surface area (Å²) < 4.78 is 5.73. The molecule has 0 aromatic heterocycles. The van der Waals surface area contributed by atoms with Crippen molar-refractivity contribution in [1.29, 1.82) is 0 Å². The molecule has 2 nitrogen and oxygen atoms in total. The van der Waals surface area contributed by atoms with Gasteiger partial charge >= 0.3 is 0 Å². The summed E-state index contributed by atoms with van der Waals surface area (Å²) in [6.45, 7) is 4.46. The van der Waals surface area contributed by atoms with Gasteiger partial charge in [-0.3, -0.25) is 0 Å². The smallest absolute Gasteiger partial charge is 0.0949 e. The molecule has 0 saturated heterocycles. The van der Waals surface area contributed by atoms with Gasteiger partial charge in [-0.05, 0) is 26.7 Å². The van der Waals surface area contributed by atoms with Gasteiger partial charge in [-0.25, -0.2) is 0 Å². The van der Waals surface area contributed by atoms with Gasteiger partial charge in [0.05, 0.1) is 11.7 Å². The summed E-state index contributed by atoms with van der Waals surface area (Å²) in [5.41, 5.74) is -0.293. The maximum Gasteiger partial charge on any atom is 0.0949 e. The highest BCUT2D eigenvalue weighted by Gasteiger charge is 2.40. The second-order valence-electron chi connectivity index (χ2n) is 3.85. The molecule has 14 heavy (non-hydrogen) atoms. The van der Waals surface area contributed by atoms with Crippen molar-refractivity contribution >= 4 is 0 Å². The van der Waals surface area contributed by atoms with E-state index in [1.807, 2.05) is 6.92 Å². The van der Waals surface area contributed by atoms with Crippen molar-refractivity contribution < 1.29 is 9.84 Å². The van der Waals surface area contributed by atoms with Gasteiger partial charge in [0.25, 0.3) is 0 Å². The van der Waals surface area contributed by atoms with Crippen LogP contribution in [0.2, 0.25) is 0 Å². The van der Waals surface area contributed by atoms with Gasteiger partial charge in [0, 0.05) is 13.0 Å². The number of hydrogen-bond acceptors (Lipinski definition) is 2. The Morgan fingerprint density at radius 3 is 2.57 bits per heavy atom. The van der Waals surface area contributed by atoms with E-state index in [1.54, 1.807) is 6.92 Å². The molecule has 1 N–H and O–H groups in total. The topological polar surface area (TPSA) is 29.5 Å². The van der Waals surface area contributed by atoms with Crippen LogP contribution in [0.25, 0.3) is 0 Å². The first kappa shape index (κ1) is 11.6. The van der Waals surface area contributed by atoms with Crippen molar-refractivity contribution in [3.05, 3.63) is 0 Å². The Kier molecular flexibility index (Phi) is 4.44. The van der Waals surface area contributed by atoms with Crippen molar-refractivity contribution in [2.24, 2.45) is 0 Å². The Bertz CT molecular complexity index is 218. The quantitative estimate of drug-likeness (QED) is 0.698. The highest BCUT2D eigenvalue weighted by molar-refractivity contribution is 5.03. The van der Waals surface area contributed by atoms with Crippen molar-refractivity contribution in [3.8, 4) is 11.8 Å². The number of rotatable bonds is 4. The summed E-state index contributed by atoms with van der Waals surface area (Å²) in [5, 5.41) is 10.0. The van der Waals surface area contributed by atoms with Crippen molar-refractivity contribution in [2.45, 2.75) is 57.7 Å². The second kappa shape index (κ2) is 5.38. The molecule has 80 valence electrons. The molecule has 0 aromatic carbocycles. The lowest BCUT2D eigenvalue weighted by Crippen LogP contribution is -2.42. The molecule has 1 aliphatic rings. The predicted octanol–water partition coefficient (Wildman–Crippen LogP) is 2.11. The fourth-order valence-electron chi connectivity index (χ4n) is 2.22. The zero-order valence-corrected chi connectivity index (χ0v) is 9.18. The van der Waals surface area contributed by atoms with E-state index in [2.05, 4.69) is 11.8 Å². The Balaban J connectivity index is 2.59. The van der Waals surface area contributed by atoms with E-state index in [4.69, 9.17) is 4.74 Å². The highest BCUT2D eigenvalue weighted by atomic mass is 16.5. The van der Waals surface area contributed by atoms with E-state index in [0.717, 1.165) is 25.7 Å². The van der Waals surface area contributed by atoms with Crippen LogP contribution in [0.3, 0.4) is 0 Å². The average Bonchev–Trinajstić information content (AvgIpc) is 2.64. The Morgan fingerprint density at radius 2 is 2.07 bits per heavy atom. The van der Waals surface area contributed by atoms with Crippen LogP contribution in [0.15, 0.2) is 0 Å². The molecule has 0 radical (unpaired) electrons. The molecule has 0 aliphatic heterocycles. The standard InChI is InChI=1S/C12H20O2/c1-3-5-8-11(13)12(14-4-2)9-6-7-10-12/h11,13H,4,6-10H2,1-2H3. The first-order chi connectivity index (χ1) is 6.75. The third kappa shape index (κ3) is 2.50. The lowest BCUT2D eigenvalue weighted by Gasteiger charge is -2.33. The van der Waals surface area contributed by atoms with Crippen LogP contribution in [-0.2, 0) is 4.74 Å². The Morgan fingerprint density at radius 1 is 1.43 bits per heavy atom. The van der Waals surface area contributed by atoms with Gasteiger partial charge in [0.1, 0.15) is 0 Å². The van der Waals surface area contributed by atoms with E-state index in [1.165, 1.54) is 0 Å². The van der Waals surface area contributed by atoms with E-state index < -0.39 is 6.10 Å². The minimum Gasteiger partial charge on any atom is -0.389 e. The monoisotopic (exact) mass is 196 g/mol. The van der Waals surface area contributed by atoms with Crippen molar-refractivity contribution in [3.63, 3.8) is 0 Å². The maximum atomic E-state index is 10.0. The van der Waals surface area contributed by atoms with Crippen LogP contribution in [0.5, 0.6) is 0 Å². The van der Waals surface area contributed by atoms with Crippen LogP contribution >= 0.6 is 0 Å². The summed E-state index contributed by atoms with van der Waals surface area (Å²) >= 11 is 0. The molecule has 0 spiro atoms. The van der Waals surface area contributed by atoms with Gasteiger partial charge in [-0.1, -0.05) is 12.8 Å². The summed E-state index contributed by atoms with van der Waals surface area (Å²) in [4.78, 5) is 0. The molecule has 0 bridgehead atoms. The lowest BCUT2D eigenvalue weighted by atomic mass is 9.92. The summed E-state index contributed by atoms with van der Waals surface area (Å²) in [5.74, 6) is 5.74. The SMILES string of the molecule is CC#CCC(O)C1(OCC)CCCC1. The summed E-state index contributed by atoms with van der Waals surface area (Å²) in [7, 11) is 0. The largest absolute Gasteiger partial charge is 0.389 e. The van der Waals surface area contributed by atoms with Crippen LogP contribution in [0.1, 0.15) is 46.0 Å². The van der Waals surface area contributed by atoms with E-state index in [-0.39, 0.29) is 5.60 Å². The van der Waals surface area contributed by atoms with E-state index in [0.29, 0.717) is 13.0 Å². The zero-order chi connectivity index (χ0) is 10.4. The molecule has 1 rings (SSSR count). The molecule has 2 heteroatoms. The normalized spacial score (nSPS) is 21.4. The first-order valence-corrected chi connectivity index (χ1v) is 5.47. The van der Waals surface area contributed by atoms with E-state index >= 15 is 0 Å². The number of hydrogen-bond donors (Lipinski definition) is 1. The van der Waals surface area contributed by atoms with Crippen molar-refractivity contribution in [2.75, 3.05) is 6.61 Å². The summed E-state index contributed by atoms with van der Waals surface area (Å²) in [6, 6.07) is 0. The average molecular weight is 196 g/mol. The molecule has 1 unspecified atom stereocenters. The van der Waals surface area contributed by atoms with Crippen LogP contribution in [0.4, 0.5) is 0 Å². The third-order valence-electron chi connectivity index (χ3n) is 2.96. The molecule has 1 saturated carbocycles. The second-order valence-corrected chi connectivity index (χ2v) is 3.85. The molecule has 1 aliphatic carbocycles. The Hall–Kier alpha value is -0.520. The number of ether oxygens (including phenoxy) is 1. The fourth-order valence-corrected chi connectivity index (χ4v) is 2.22. The predicted molar refractivity (Wildman–Crippen MR) is 56.9 cm³/mol. The van der Waals surface area contributed by atoms with Gasteiger partial charge in [0.15, 0.2) is 0 Å². The van der Waals surface area contributed by atoms with Gasteiger partial charge in [-0.15, -0.1) is 11.8 Å². The molecule has 0 aromatic rings. The molecular weight excluding hydrogens is 176 g/mol. The molecular formula is C12H20O2. The highest BCUT2D eigenvalue weighted by Crippen LogP contribution is 2.37. The number of aliphatic hydroxyl groups is 1. The molecule has 0 heterocycles. The molecule has 1 fully saturated rings. The van der Waals surface area contributed by atoms with Crippen LogP contribution in [0, 0.1) is 11.8 Å². The molecule has 1 atom stereocenters. The third-order valence-corrected chi connectivity index (χ3v) is 2.96. The number of aliphatic hydroxyl groups excluding tert-OH is 1. The van der Waals surface area contributed by atoms with E-state index in [9.17, 15) is 5.11 Å². The van der Waals surface area contributed by atoms with Gasteiger partial charge in [-0.2, -0.15) is 0 Å². The zero-order valence-electron chi connectivity index (χ0n) is 9.18. The fraction of sp³-hybridized carbons (Fsp3) is 0.833. The minimum atomic E-state index is -0.419. The summed E-state index contributed by atoms with van der Waals surface area (Å²) in [6.07, 6.45) is 4.40. The lowest BCUT2D eigenvalue weighted by molar-refractivity contribution is -0.114. The van der Waals surface area contributed by atoms with Gasteiger partial charge < -0.3 is 9.84 Å². The van der Waals surface area contributed by atoms with Gasteiger partial charge in [0.2, 0.25) is 0 Å². The molecule has 0 amide bonds. The first-order valence-electron chi connectivity index (χ1n) is 5.47. The van der Waals surface area contributed by atoms with Crippen LogP contribution in [-0.4, -0.2) is 23.4 Å². The minimum absolute atomic E-state index is 0.293. The Labute approximate surface area is 86.7 Å².